The highest BCUT2D eigenvalue weighted by molar-refractivity contribution is 9.12. The average Bonchev–Trinajstić information content (AvgIpc) is 3.34. The van der Waals surface area contributed by atoms with E-state index in [9.17, 15) is 14.4 Å². The smallest absolute Gasteiger partial charge is 0.255 e. The van der Waals surface area contributed by atoms with Gasteiger partial charge >= 0.3 is 0 Å². The highest BCUT2D eigenvalue weighted by Gasteiger charge is 2.66. The predicted molar refractivity (Wildman–Crippen MR) is 117 cm³/mol. The highest BCUT2D eigenvalue weighted by atomic mass is 79.9. The van der Waals surface area contributed by atoms with Gasteiger partial charge in [0.15, 0.2) is 0 Å². The first-order valence-electron chi connectivity index (χ1n) is 9.60. The largest absolute Gasteiger partial charge is 0.322 e. The van der Waals surface area contributed by atoms with Crippen molar-refractivity contribution in [2.24, 2.45) is 23.7 Å². The topological polar surface area (TPSA) is 66.5 Å². The molecule has 148 valence electrons. The minimum atomic E-state index is -0.233. The summed E-state index contributed by atoms with van der Waals surface area (Å²) in [6.07, 6.45) is 0.914. The molecule has 2 aliphatic carbocycles. The quantitative estimate of drug-likeness (QED) is 0.489. The molecule has 0 spiro atoms. The Morgan fingerprint density at radius 3 is 1.97 bits per heavy atom. The Labute approximate surface area is 185 Å². The van der Waals surface area contributed by atoms with Crippen molar-refractivity contribution in [3.63, 3.8) is 0 Å². The molecule has 7 heteroatoms. The van der Waals surface area contributed by atoms with E-state index in [1.54, 1.807) is 36.4 Å². The fourth-order valence-electron chi connectivity index (χ4n) is 5.09. The summed E-state index contributed by atoms with van der Waals surface area (Å²) in [5, 5.41) is 2.83. The minimum Gasteiger partial charge on any atom is -0.322 e. The molecule has 2 bridgehead atoms. The maximum atomic E-state index is 13.1. The lowest BCUT2D eigenvalue weighted by Gasteiger charge is -2.28. The van der Waals surface area contributed by atoms with Crippen LogP contribution in [0.2, 0.25) is 0 Å². The summed E-state index contributed by atoms with van der Waals surface area (Å²) in [5.74, 6) is -0.480. The van der Waals surface area contributed by atoms with Gasteiger partial charge in [0.2, 0.25) is 11.8 Å². The number of amides is 3. The number of alkyl halides is 2. The van der Waals surface area contributed by atoms with Gasteiger partial charge in [0, 0.05) is 20.9 Å². The Bertz CT molecular complexity index is 963. The molecule has 3 fully saturated rings. The predicted octanol–water partition coefficient (Wildman–Crippen LogP) is 4.22. The zero-order valence-corrected chi connectivity index (χ0v) is 18.5. The summed E-state index contributed by atoms with van der Waals surface area (Å²) < 4.78 is 0. The Kier molecular flexibility index (Phi) is 4.62. The van der Waals surface area contributed by atoms with E-state index >= 15 is 0 Å². The number of nitrogens with one attached hydrogen (secondary N) is 1. The third-order valence-corrected chi connectivity index (χ3v) is 9.61. The Balaban J connectivity index is 1.35. The summed E-state index contributed by atoms with van der Waals surface area (Å²) in [5.41, 5.74) is 1.74. The lowest BCUT2D eigenvalue weighted by molar-refractivity contribution is -0.123. The Morgan fingerprint density at radius 2 is 1.41 bits per heavy atom. The Hall–Kier alpha value is -1.99. The molecule has 6 atom stereocenters. The van der Waals surface area contributed by atoms with Gasteiger partial charge in [-0.2, -0.15) is 0 Å². The van der Waals surface area contributed by atoms with Crippen LogP contribution in [0, 0.1) is 23.7 Å². The summed E-state index contributed by atoms with van der Waals surface area (Å²) >= 11 is 7.41. The monoisotopic (exact) mass is 516 g/mol. The second kappa shape index (κ2) is 7.06. The van der Waals surface area contributed by atoms with Gasteiger partial charge in [-0.25, -0.2) is 0 Å². The number of carbonyl (C=O) groups is 3. The second-order valence-corrected chi connectivity index (χ2v) is 10.00. The summed E-state index contributed by atoms with van der Waals surface area (Å²) in [6, 6.07) is 15.8. The Morgan fingerprint density at radius 1 is 0.862 bits per heavy atom. The first-order chi connectivity index (χ1) is 14.0. The van der Waals surface area contributed by atoms with Crippen LogP contribution in [0.1, 0.15) is 16.8 Å². The number of carbonyl (C=O) groups excluding carboxylic acids is 3. The molecule has 0 unspecified atom stereocenters. The molecular formula is C22H18Br2N2O3. The van der Waals surface area contributed by atoms with E-state index in [2.05, 4.69) is 37.2 Å². The van der Waals surface area contributed by atoms with Gasteiger partial charge in [-0.05, 0) is 54.7 Å². The molecule has 1 N–H and O–H groups in total. The van der Waals surface area contributed by atoms with E-state index in [1.165, 1.54) is 4.90 Å². The van der Waals surface area contributed by atoms with Gasteiger partial charge < -0.3 is 5.32 Å². The third kappa shape index (κ3) is 2.89. The van der Waals surface area contributed by atoms with E-state index in [-0.39, 0.29) is 51.0 Å². The normalized spacial score (nSPS) is 32.6. The van der Waals surface area contributed by atoms with Crippen LogP contribution in [0.4, 0.5) is 11.4 Å². The molecule has 1 aliphatic heterocycles. The van der Waals surface area contributed by atoms with Crippen molar-refractivity contribution in [3.05, 3.63) is 60.2 Å². The zero-order valence-electron chi connectivity index (χ0n) is 15.3. The van der Waals surface area contributed by atoms with Crippen molar-refractivity contribution in [1.82, 2.24) is 0 Å². The zero-order chi connectivity index (χ0) is 20.3. The fraction of sp³-hybridized carbons (Fsp3) is 0.318. The number of fused-ring (bicyclic) bond motifs is 5. The highest BCUT2D eigenvalue weighted by Crippen LogP contribution is 2.60. The van der Waals surface area contributed by atoms with E-state index in [0.29, 0.717) is 16.9 Å². The lowest BCUT2D eigenvalue weighted by atomic mass is 9.81. The molecule has 5 rings (SSSR count). The lowest BCUT2D eigenvalue weighted by Crippen LogP contribution is -2.37. The summed E-state index contributed by atoms with van der Waals surface area (Å²) in [4.78, 5) is 40.2. The molecule has 2 aromatic carbocycles. The average molecular weight is 518 g/mol. The van der Waals surface area contributed by atoms with Gasteiger partial charge in [0.1, 0.15) is 0 Å². The number of nitrogens with zero attached hydrogens (tertiary/aromatic N) is 1. The van der Waals surface area contributed by atoms with Crippen LogP contribution in [-0.2, 0) is 9.59 Å². The molecular weight excluding hydrogens is 500 g/mol. The summed E-state index contributed by atoms with van der Waals surface area (Å²) in [6.45, 7) is 0. The van der Waals surface area contributed by atoms with Crippen LogP contribution in [0.5, 0.6) is 0 Å². The molecule has 3 aliphatic rings. The molecule has 0 aromatic heterocycles. The van der Waals surface area contributed by atoms with E-state index < -0.39 is 0 Å². The van der Waals surface area contributed by atoms with Gasteiger partial charge in [-0.1, -0.05) is 50.1 Å². The van der Waals surface area contributed by atoms with Gasteiger partial charge in [0.25, 0.3) is 5.91 Å². The molecule has 3 amide bonds. The van der Waals surface area contributed by atoms with Crippen molar-refractivity contribution in [3.8, 4) is 0 Å². The molecule has 5 nitrogen and oxygen atoms in total. The number of rotatable bonds is 3. The molecule has 1 heterocycles. The standard InChI is InChI=1S/C22H18Br2N2O3/c23-18-14-10-15(19(18)24)17-16(14)21(28)26(22(17)29)13-8-6-12(7-9-13)25-20(27)11-4-2-1-3-5-11/h1-9,14-19H,10H2,(H,25,27)/t14-,15-,16-,17-,18+,19+/m1/s1. The van der Waals surface area contributed by atoms with Crippen LogP contribution < -0.4 is 10.2 Å². The fourth-order valence-corrected chi connectivity index (χ4v) is 6.96. The van der Waals surface area contributed by atoms with Crippen molar-refractivity contribution in [2.45, 2.75) is 16.1 Å². The van der Waals surface area contributed by atoms with Gasteiger partial charge in [-0.3, -0.25) is 19.3 Å². The second-order valence-electron chi connectivity index (χ2n) is 7.88. The van der Waals surface area contributed by atoms with Gasteiger partial charge in [0.05, 0.1) is 17.5 Å². The molecule has 2 saturated carbocycles. The maximum absolute atomic E-state index is 13.1. The number of hydrogen-bond acceptors (Lipinski definition) is 3. The van der Waals surface area contributed by atoms with Crippen molar-refractivity contribution >= 4 is 61.0 Å². The van der Waals surface area contributed by atoms with Crippen LogP contribution in [-0.4, -0.2) is 27.4 Å². The number of imide groups is 1. The van der Waals surface area contributed by atoms with Crippen LogP contribution in [0.15, 0.2) is 54.6 Å². The van der Waals surface area contributed by atoms with Crippen LogP contribution >= 0.6 is 31.9 Å². The van der Waals surface area contributed by atoms with Crippen molar-refractivity contribution in [1.29, 1.82) is 0 Å². The molecule has 29 heavy (non-hydrogen) atoms. The number of halogens is 2. The number of anilines is 2. The molecule has 2 aromatic rings. The van der Waals surface area contributed by atoms with E-state index in [4.69, 9.17) is 0 Å². The number of benzene rings is 2. The molecule has 1 saturated heterocycles. The van der Waals surface area contributed by atoms with Crippen molar-refractivity contribution < 1.29 is 14.4 Å². The van der Waals surface area contributed by atoms with E-state index in [1.807, 2.05) is 18.2 Å². The summed E-state index contributed by atoms with van der Waals surface area (Å²) in [7, 11) is 0. The van der Waals surface area contributed by atoms with E-state index in [0.717, 1.165) is 6.42 Å². The maximum Gasteiger partial charge on any atom is 0.255 e. The first-order valence-corrected chi connectivity index (χ1v) is 11.4. The minimum absolute atomic E-state index is 0.0996. The van der Waals surface area contributed by atoms with Crippen LogP contribution in [0.3, 0.4) is 0 Å². The van der Waals surface area contributed by atoms with Crippen molar-refractivity contribution in [2.75, 3.05) is 10.2 Å². The SMILES string of the molecule is O=C(Nc1ccc(N2C(=O)[C@@H]3[C@H]4C[C@@H]([C@H](Br)[C@H]4Br)[C@H]3C2=O)cc1)c1ccccc1. The molecule has 0 radical (unpaired) electrons. The first kappa shape index (κ1) is 19.0. The van der Waals surface area contributed by atoms with Crippen LogP contribution in [0.25, 0.3) is 0 Å². The third-order valence-electron chi connectivity index (χ3n) is 6.41. The number of hydrogen-bond donors (Lipinski definition) is 1. The van der Waals surface area contributed by atoms with Gasteiger partial charge in [-0.15, -0.1) is 0 Å².